The second kappa shape index (κ2) is 8.99. The standard InChI is InChI=1S/C21H25ClN4/c1-25(2)12-13-26(15-17-6-4-3-5-7-17)16-19-14-23-24-21(19)18-8-10-20(22)11-9-18/h3-11,14H,12-13,15-16H2,1-2H3,(H,23,24)/p+2. The Kier molecular flexibility index (Phi) is 6.45. The molecule has 26 heavy (non-hydrogen) atoms. The van der Waals surface area contributed by atoms with E-state index in [-0.39, 0.29) is 0 Å². The van der Waals surface area contributed by atoms with Crippen molar-refractivity contribution in [3.63, 3.8) is 0 Å². The van der Waals surface area contributed by atoms with Gasteiger partial charge in [-0.1, -0.05) is 54.1 Å². The smallest absolute Gasteiger partial charge is 0.127 e. The summed E-state index contributed by atoms with van der Waals surface area (Å²) in [4.78, 5) is 3.01. The van der Waals surface area contributed by atoms with E-state index in [1.54, 1.807) is 0 Å². The second-order valence-electron chi connectivity index (χ2n) is 7.07. The van der Waals surface area contributed by atoms with Gasteiger partial charge in [0.05, 0.1) is 31.5 Å². The molecule has 3 N–H and O–H groups in total. The normalized spacial score (nSPS) is 12.5. The van der Waals surface area contributed by atoms with Crippen LogP contribution in [-0.4, -0.2) is 37.4 Å². The number of benzene rings is 2. The van der Waals surface area contributed by atoms with Crippen molar-refractivity contribution in [2.24, 2.45) is 0 Å². The van der Waals surface area contributed by atoms with Gasteiger partial charge in [0.25, 0.3) is 0 Å². The van der Waals surface area contributed by atoms with Gasteiger partial charge in [-0.05, 0) is 12.1 Å². The van der Waals surface area contributed by atoms with Crippen LogP contribution < -0.4 is 9.80 Å². The van der Waals surface area contributed by atoms with Crippen LogP contribution in [0.2, 0.25) is 5.02 Å². The molecule has 0 spiro atoms. The molecule has 0 saturated heterocycles. The molecule has 0 aliphatic rings. The van der Waals surface area contributed by atoms with Gasteiger partial charge in [-0.15, -0.1) is 0 Å². The number of hydrogen-bond acceptors (Lipinski definition) is 1. The molecule has 0 fully saturated rings. The summed E-state index contributed by atoms with van der Waals surface area (Å²) in [5.74, 6) is 0. The zero-order valence-electron chi connectivity index (χ0n) is 15.4. The number of aromatic amines is 1. The Morgan fingerprint density at radius 3 is 2.35 bits per heavy atom. The van der Waals surface area contributed by atoms with Crippen molar-refractivity contribution in [1.82, 2.24) is 10.2 Å². The molecule has 0 amide bonds. The van der Waals surface area contributed by atoms with E-state index in [1.807, 2.05) is 30.5 Å². The minimum absolute atomic E-state index is 0.750. The summed E-state index contributed by atoms with van der Waals surface area (Å²) in [7, 11) is 4.41. The van der Waals surface area contributed by atoms with Crippen molar-refractivity contribution >= 4 is 11.6 Å². The largest absolute Gasteiger partial charge is 0.335 e. The lowest BCUT2D eigenvalue weighted by Gasteiger charge is -2.20. The van der Waals surface area contributed by atoms with Crippen molar-refractivity contribution < 1.29 is 9.80 Å². The number of aromatic nitrogens is 2. The fourth-order valence-corrected chi connectivity index (χ4v) is 3.26. The zero-order chi connectivity index (χ0) is 18.4. The summed E-state index contributed by atoms with van der Waals surface area (Å²) in [5, 5.41) is 8.21. The summed E-state index contributed by atoms with van der Waals surface area (Å²) >= 11 is 6.03. The Bertz CT molecular complexity index is 796. The molecule has 2 aromatic carbocycles. The van der Waals surface area contributed by atoms with E-state index in [1.165, 1.54) is 20.9 Å². The molecule has 0 bridgehead atoms. The van der Waals surface area contributed by atoms with Crippen molar-refractivity contribution in [2.75, 3.05) is 27.2 Å². The van der Waals surface area contributed by atoms with Crippen LogP contribution in [0.15, 0.2) is 60.8 Å². The molecule has 1 heterocycles. The van der Waals surface area contributed by atoms with Crippen LogP contribution in [0.25, 0.3) is 11.3 Å². The van der Waals surface area contributed by atoms with E-state index < -0.39 is 0 Å². The maximum Gasteiger partial charge on any atom is 0.127 e. The number of rotatable bonds is 8. The average Bonchev–Trinajstić information content (AvgIpc) is 3.09. The molecule has 3 rings (SSSR count). The lowest BCUT2D eigenvalue weighted by atomic mass is 10.1. The molecule has 0 aliphatic carbocycles. The number of nitrogens with one attached hydrogen (secondary N) is 3. The number of H-pyrrole nitrogens is 1. The van der Waals surface area contributed by atoms with Crippen LogP contribution in [0.3, 0.4) is 0 Å². The first-order chi connectivity index (χ1) is 12.6. The molecule has 0 saturated carbocycles. The highest BCUT2D eigenvalue weighted by Crippen LogP contribution is 2.22. The highest BCUT2D eigenvalue weighted by atomic mass is 35.5. The highest BCUT2D eigenvalue weighted by molar-refractivity contribution is 6.30. The Morgan fingerprint density at radius 1 is 0.923 bits per heavy atom. The number of quaternary nitrogens is 2. The molecule has 1 atom stereocenters. The molecule has 5 heteroatoms. The van der Waals surface area contributed by atoms with Crippen molar-refractivity contribution in [3.8, 4) is 11.3 Å². The van der Waals surface area contributed by atoms with Gasteiger partial charge in [0, 0.05) is 16.1 Å². The maximum atomic E-state index is 6.03. The predicted octanol–water partition coefficient (Wildman–Crippen LogP) is 1.46. The van der Waals surface area contributed by atoms with Gasteiger partial charge in [-0.2, -0.15) is 5.10 Å². The lowest BCUT2D eigenvalue weighted by Crippen LogP contribution is -3.16. The second-order valence-corrected chi connectivity index (χ2v) is 7.51. The minimum atomic E-state index is 0.750. The first kappa shape index (κ1) is 18.6. The molecule has 136 valence electrons. The topological polar surface area (TPSA) is 37.6 Å². The molecular weight excluding hydrogens is 344 g/mol. The van der Waals surface area contributed by atoms with Crippen LogP contribution in [0.4, 0.5) is 0 Å². The number of nitrogens with zero attached hydrogens (tertiary/aromatic N) is 1. The van der Waals surface area contributed by atoms with E-state index in [9.17, 15) is 0 Å². The fourth-order valence-electron chi connectivity index (χ4n) is 3.13. The molecule has 1 unspecified atom stereocenters. The molecule has 3 aromatic rings. The van der Waals surface area contributed by atoms with Crippen LogP contribution in [-0.2, 0) is 13.1 Å². The van der Waals surface area contributed by atoms with Gasteiger partial charge in [-0.3, -0.25) is 5.10 Å². The van der Waals surface area contributed by atoms with E-state index in [0.29, 0.717) is 0 Å². The van der Waals surface area contributed by atoms with Gasteiger partial charge in [0.2, 0.25) is 0 Å². The summed E-state index contributed by atoms with van der Waals surface area (Å²) in [6.07, 6.45) is 1.96. The van der Waals surface area contributed by atoms with Crippen molar-refractivity contribution in [1.29, 1.82) is 0 Å². The first-order valence-electron chi connectivity index (χ1n) is 9.06. The van der Waals surface area contributed by atoms with E-state index in [0.717, 1.165) is 42.5 Å². The van der Waals surface area contributed by atoms with Gasteiger partial charge >= 0.3 is 0 Å². The molecule has 4 nitrogen and oxygen atoms in total. The lowest BCUT2D eigenvalue weighted by molar-refractivity contribution is -0.960. The van der Waals surface area contributed by atoms with Crippen LogP contribution in [0.5, 0.6) is 0 Å². The monoisotopic (exact) mass is 370 g/mol. The summed E-state index contributed by atoms with van der Waals surface area (Å²) < 4.78 is 0. The van der Waals surface area contributed by atoms with Gasteiger partial charge in [0.1, 0.15) is 26.2 Å². The Hall–Kier alpha value is -2.14. The third-order valence-corrected chi connectivity index (χ3v) is 4.82. The SMILES string of the molecule is C[NH+](C)CC[NH+](Cc1ccccc1)Cc1cn[nH]c1-c1ccc(Cl)cc1. The fraction of sp³-hybridized carbons (Fsp3) is 0.286. The maximum absolute atomic E-state index is 6.03. The molecule has 0 aliphatic heterocycles. The van der Waals surface area contributed by atoms with Gasteiger partial charge in [-0.25, -0.2) is 0 Å². The Morgan fingerprint density at radius 2 is 1.65 bits per heavy atom. The van der Waals surface area contributed by atoms with Gasteiger partial charge in [0.15, 0.2) is 0 Å². The number of likely N-dealkylation sites (N-methyl/N-ethyl adjacent to an activating group) is 1. The Labute approximate surface area is 160 Å². The quantitative estimate of drug-likeness (QED) is 0.552. The molecule has 1 aromatic heterocycles. The number of hydrogen-bond donors (Lipinski definition) is 3. The third-order valence-electron chi connectivity index (χ3n) is 4.57. The first-order valence-corrected chi connectivity index (χ1v) is 9.44. The zero-order valence-corrected chi connectivity index (χ0v) is 16.2. The average molecular weight is 371 g/mol. The van der Waals surface area contributed by atoms with Crippen molar-refractivity contribution in [2.45, 2.75) is 13.1 Å². The minimum Gasteiger partial charge on any atom is -0.335 e. The molecular formula is C21H27ClN4+2. The third kappa shape index (κ3) is 5.18. The summed E-state index contributed by atoms with van der Waals surface area (Å²) in [6.45, 7) is 4.20. The van der Waals surface area contributed by atoms with E-state index in [4.69, 9.17) is 11.6 Å². The van der Waals surface area contributed by atoms with Crippen LogP contribution in [0, 0.1) is 0 Å². The summed E-state index contributed by atoms with van der Waals surface area (Å²) in [5.41, 5.74) is 4.82. The number of halogens is 1. The van der Waals surface area contributed by atoms with Crippen LogP contribution >= 0.6 is 11.6 Å². The Balaban J connectivity index is 1.78. The highest BCUT2D eigenvalue weighted by Gasteiger charge is 2.17. The van der Waals surface area contributed by atoms with Crippen LogP contribution in [0.1, 0.15) is 11.1 Å². The molecule has 0 radical (unpaired) electrons. The predicted molar refractivity (Wildman–Crippen MR) is 106 cm³/mol. The summed E-state index contributed by atoms with van der Waals surface area (Å²) in [6, 6.07) is 18.6. The van der Waals surface area contributed by atoms with Gasteiger partial charge < -0.3 is 9.80 Å². The van der Waals surface area contributed by atoms with E-state index in [2.05, 4.69) is 54.6 Å². The van der Waals surface area contributed by atoms with Crippen molar-refractivity contribution in [3.05, 3.63) is 76.9 Å². The van der Waals surface area contributed by atoms with E-state index >= 15 is 0 Å².